The fraction of sp³-hybridized carbons (Fsp3) is 0.357. The first-order valence-electron chi connectivity index (χ1n) is 11.8. The summed E-state index contributed by atoms with van der Waals surface area (Å²) >= 11 is 7.81. The highest BCUT2D eigenvalue weighted by molar-refractivity contribution is 7.17. The van der Waals surface area contributed by atoms with Crippen molar-refractivity contribution < 1.29 is 14.3 Å². The molecule has 35 heavy (non-hydrogen) atoms. The SMILES string of the molecule is COc1ccc(CC(=O)Nc2sc3c(c2C(=O)Nc2ccccc2Cl)CCC(C(C)(C)C)C3)cc1. The molecule has 1 aromatic heterocycles. The van der Waals surface area contributed by atoms with Gasteiger partial charge in [0.05, 0.1) is 29.8 Å². The van der Waals surface area contributed by atoms with E-state index in [1.54, 1.807) is 19.2 Å². The second kappa shape index (κ2) is 10.4. The van der Waals surface area contributed by atoms with Crippen LogP contribution >= 0.6 is 22.9 Å². The summed E-state index contributed by atoms with van der Waals surface area (Å²) in [5, 5.41) is 7.06. The molecular formula is C28H31ClN2O3S. The third kappa shape index (κ3) is 5.88. The molecule has 5 nitrogen and oxygen atoms in total. The number of carbonyl (C=O) groups excluding carboxylic acids is 2. The van der Waals surface area contributed by atoms with Gasteiger partial charge in [-0.05, 0) is 66.0 Å². The Kier molecular flexibility index (Phi) is 7.53. The van der Waals surface area contributed by atoms with Crippen LogP contribution < -0.4 is 15.4 Å². The molecule has 1 aliphatic rings. The van der Waals surface area contributed by atoms with Gasteiger partial charge >= 0.3 is 0 Å². The van der Waals surface area contributed by atoms with E-state index in [0.717, 1.165) is 36.1 Å². The zero-order valence-corrected chi connectivity index (χ0v) is 22.1. The van der Waals surface area contributed by atoms with Gasteiger partial charge in [0.25, 0.3) is 5.91 Å². The number of halogens is 1. The number of rotatable bonds is 6. The molecule has 1 unspecified atom stereocenters. The van der Waals surface area contributed by atoms with Gasteiger partial charge in [-0.3, -0.25) is 9.59 Å². The lowest BCUT2D eigenvalue weighted by atomic mass is 9.72. The number of thiophene rings is 1. The van der Waals surface area contributed by atoms with E-state index in [0.29, 0.717) is 27.2 Å². The summed E-state index contributed by atoms with van der Waals surface area (Å²) < 4.78 is 5.20. The van der Waals surface area contributed by atoms with Crippen LogP contribution in [0.4, 0.5) is 10.7 Å². The number of benzene rings is 2. The van der Waals surface area contributed by atoms with E-state index in [-0.39, 0.29) is 23.7 Å². The number of hydrogen-bond donors (Lipinski definition) is 2. The van der Waals surface area contributed by atoms with E-state index < -0.39 is 0 Å². The Morgan fingerprint density at radius 3 is 2.46 bits per heavy atom. The Bertz CT molecular complexity index is 1230. The van der Waals surface area contributed by atoms with Crippen molar-refractivity contribution in [3.63, 3.8) is 0 Å². The largest absolute Gasteiger partial charge is 0.497 e. The van der Waals surface area contributed by atoms with Crippen LogP contribution in [-0.4, -0.2) is 18.9 Å². The van der Waals surface area contributed by atoms with E-state index in [9.17, 15) is 9.59 Å². The van der Waals surface area contributed by atoms with E-state index in [1.807, 2.05) is 36.4 Å². The summed E-state index contributed by atoms with van der Waals surface area (Å²) in [6, 6.07) is 14.6. The number of fused-ring (bicyclic) bond motifs is 1. The van der Waals surface area contributed by atoms with E-state index >= 15 is 0 Å². The molecule has 1 atom stereocenters. The van der Waals surface area contributed by atoms with Crippen molar-refractivity contribution in [2.24, 2.45) is 11.3 Å². The van der Waals surface area contributed by atoms with Crippen molar-refractivity contribution in [1.82, 2.24) is 0 Å². The maximum atomic E-state index is 13.5. The minimum atomic E-state index is -0.246. The first kappa shape index (κ1) is 25.3. The van der Waals surface area contributed by atoms with Crippen LogP contribution in [0.15, 0.2) is 48.5 Å². The van der Waals surface area contributed by atoms with Gasteiger partial charge in [0.15, 0.2) is 0 Å². The molecular weight excluding hydrogens is 480 g/mol. The summed E-state index contributed by atoms with van der Waals surface area (Å²) in [7, 11) is 1.61. The summed E-state index contributed by atoms with van der Waals surface area (Å²) in [5.74, 6) is 0.862. The molecule has 2 amide bonds. The van der Waals surface area contributed by atoms with Crippen LogP contribution in [0.1, 0.15) is 53.6 Å². The smallest absolute Gasteiger partial charge is 0.258 e. The van der Waals surface area contributed by atoms with Crippen molar-refractivity contribution in [2.75, 3.05) is 17.7 Å². The van der Waals surface area contributed by atoms with Crippen molar-refractivity contribution >= 4 is 45.4 Å². The molecule has 0 bridgehead atoms. The molecule has 2 N–H and O–H groups in total. The Labute approximate surface area is 215 Å². The van der Waals surface area contributed by atoms with Gasteiger partial charge in [0, 0.05) is 4.88 Å². The number of nitrogens with one attached hydrogen (secondary N) is 2. The Morgan fingerprint density at radius 1 is 1.09 bits per heavy atom. The van der Waals surface area contributed by atoms with Gasteiger partial charge < -0.3 is 15.4 Å². The van der Waals surface area contributed by atoms with E-state index in [1.165, 1.54) is 16.2 Å². The highest BCUT2D eigenvalue weighted by Gasteiger charge is 2.34. The van der Waals surface area contributed by atoms with Crippen LogP contribution in [0.25, 0.3) is 0 Å². The van der Waals surface area contributed by atoms with Crippen LogP contribution in [0, 0.1) is 11.3 Å². The average molecular weight is 511 g/mol. The lowest BCUT2D eigenvalue weighted by Gasteiger charge is -2.33. The van der Waals surface area contributed by atoms with Gasteiger partial charge in [-0.2, -0.15) is 0 Å². The molecule has 4 rings (SSSR count). The highest BCUT2D eigenvalue weighted by atomic mass is 35.5. The van der Waals surface area contributed by atoms with E-state index in [4.69, 9.17) is 16.3 Å². The monoisotopic (exact) mass is 510 g/mol. The number of anilines is 2. The molecule has 7 heteroatoms. The third-order valence-corrected chi connectivity index (χ3v) is 8.12. The molecule has 0 saturated heterocycles. The van der Waals surface area contributed by atoms with Gasteiger partial charge in [-0.1, -0.05) is 56.6 Å². The number of hydrogen-bond acceptors (Lipinski definition) is 4. The summed E-state index contributed by atoms with van der Waals surface area (Å²) in [6.07, 6.45) is 2.94. The van der Waals surface area contributed by atoms with Gasteiger partial charge in [0.2, 0.25) is 5.91 Å². The second-order valence-electron chi connectivity index (χ2n) is 10.0. The van der Waals surface area contributed by atoms with Crippen LogP contribution in [0.3, 0.4) is 0 Å². The van der Waals surface area contributed by atoms with Crippen LogP contribution in [0.2, 0.25) is 5.02 Å². The molecule has 0 spiro atoms. The summed E-state index contributed by atoms with van der Waals surface area (Å²) in [4.78, 5) is 27.6. The standard InChI is InChI=1S/C28H31ClN2O3S/c1-28(2,3)18-11-14-20-23(16-18)35-27(25(20)26(33)30-22-8-6-5-7-21(22)29)31-24(32)15-17-9-12-19(34-4)13-10-17/h5-10,12-13,18H,11,14-16H2,1-4H3,(H,30,33)(H,31,32). The summed E-state index contributed by atoms with van der Waals surface area (Å²) in [6.45, 7) is 6.79. The van der Waals surface area contributed by atoms with Gasteiger partial charge in [0.1, 0.15) is 10.8 Å². The second-order valence-corrected chi connectivity index (χ2v) is 11.5. The van der Waals surface area contributed by atoms with Crippen molar-refractivity contribution in [2.45, 2.75) is 46.5 Å². The molecule has 0 radical (unpaired) electrons. The summed E-state index contributed by atoms with van der Waals surface area (Å²) in [5.41, 5.74) is 3.21. The Balaban J connectivity index is 1.62. The van der Waals surface area contributed by atoms with Crippen LogP contribution in [-0.2, 0) is 24.1 Å². The molecule has 0 aliphatic heterocycles. The molecule has 184 valence electrons. The number of ether oxygens (including phenoxy) is 1. The zero-order valence-electron chi connectivity index (χ0n) is 20.5. The van der Waals surface area contributed by atoms with Gasteiger partial charge in [-0.25, -0.2) is 0 Å². The molecule has 1 heterocycles. The van der Waals surface area contributed by atoms with Crippen molar-refractivity contribution in [3.8, 4) is 5.75 Å². The minimum Gasteiger partial charge on any atom is -0.497 e. The maximum Gasteiger partial charge on any atom is 0.258 e. The fourth-order valence-electron chi connectivity index (χ4n) is 4.50. The first-order valence-corrected chi connectivity index (χ1v) is 13.0. The fourth-order valence-corrected chi connectivity index (χ4v) is 6.02. The number of amides is 2. The average Bonchev–Trinajstić information content (AvgIpc) is 3.17. The number of carbonyl (C=O) groups is 2. The normalized spacial score (nSPS) is 15.3. The van der Waals surface area contributed by atoms with Crippen molar-refractivity contribution in [3.05, 3.63) is 75.1 Å². The van der Waals surface area contributed by atoms with Gasteiger partial charge in [-0.15, -0.1) is 11.3 Å². The maximum absolute atomic E-state index is 13.5. The number of para-hydroxylation sites is 1. The Hall–Kier alpha value is -2.83. The predicted octanol–water partition coefficient (Wildman–Crippen LogP) is 6.99. The molecule has 3 aromatic rings. The van der Waals surface area contributed by atoms with Crippen molar-refractivity contribution in [1.29, 1.82) is 0 Å². The van der Waals surface area contributed by atoms with Crippen LogP contribution in [0.5, 0.6) is 5.75 Å². The Morgan fingerprint density at radius 2 is 1.80 bits per heavy atom. The molecule has 0 fully saturated rings. The quantitative estimate of drug-likeness (QED) is 0.375. The van der Waals surface area contributed by atoms with E-state index in [2.05, 4.69) is 31.4 Å². The topological polar surface area (TPSA) is 67.4 Å². The lowest BCUT2D eigenvalue weighted by molar-refractivity contribution is -0.115. The number of methoxy groups -OCH3 is 1. The minimum absolute atomic E-state index is 0.159. The third-order valence-electron chi connectivity index (χ3n) is 6.62. The molecule has 2 aromatic carbocycles. The molecule has 0 saturated carbocycles. The first-order chi connectivity index (χ1) is 16.7. The predicted molar refractivity (Wildman–Crippen MR) is 144 cm³/mol. The lowest BCUT2D eigenvalue weighted by Crippen LogP contribution is -2.27. The molecule has 1 aliphatic carbocycles. The zero-order chi connectivity index (χ0) is 25.2. The highest BCUT2D eigenvalue weighted by Crippen LogP contribution is 2.44.